The maximum atomic E-state index is 13.4. The lowest BCUT2D eigenvalue weighted by atomic mass is 10.0. The van der Waals surface area contributed by atoms with Gasteiger partial charge in [-0.3, -0.25) is 4.79 Å². The topological polar surface area (TPSA) is 45.8 Å². The number of hydrogen-bond donors (Lipinski definition) is 0. The molecule has 3 nitrogen and oxygen atoms in total. The molecule has 1 aromatic heterocycles. The van der Waals surface area contributed by atoms with Gasteiger partial charge in [-0.15, -0.1) is 0 Å². The van der Waals surface area contributed by atoms with Crippen LogP contribution in [-0.4, -0.2) is 4.57 Å². The van der Waals surface area contributed by atoms with E-state index in [1.807, 2.05) is 0 Å². The van der Waals surface area contributed by atoms with Crippen molar-refractivity contribution in [3.8, 4) is 17.3 Å². The Labute approximate surface area is 151 Å². The van der Waals surface area contributed by atoms with Gasteiger partial charge in [0.1, 0.15) is 17.4 Å². The Morgan fingerprint density at radius 1 is 1.00 bits per heavy atom. The summed E-state index contributed by atoms with van der Waals surface area (Å²) in [6, 6.07) is 15.5. The quantitative estimate of drug-likeness (QED) is 0.631. The zero-order chi connectivity index (χ0) is 19.6. The maximum absolute atomic E-state index is 13.4. The van der Waals surface area contributed by atoms with E-state index in [0.29, 0.717) is 11.1 Å². The summed E-state index contributed by atoms with van der Waals surface area (Å²) in [7, 11) is 0. The summed E-state index contributed by atoms with van der Waals surface area (Å²) in [5.41, 5.74) is -2.36. The van der Waals surface area contributed by atoms with Crippen LogP contribution in [0.4, 0.5) is 17.6 Å². The lowest BCUT2D eigenvalue weighted by Gasteiger charge is -2.17. The van der Waals surface area contributed by atoms with Crippen LogP contribution in [0, 0.1) is 17.1 Å². The summed E-state index contributed by atoms with van der Waals surface area (Å²) in [6.45, 7) is -0.101. The van der Waals surface area contributed by atoms with Gasteiger partial charge in [-0.1, -0.05) is 42.5 Å². The van der Waals surface area contributed by atoms with Crippen LogP contribution in [0.1, 0.15) is 16.7 Å². The first kappa shape index (κ1) is 18.4. The van der Waals surface area contributed by atoms with Gasteiger partial charge in [0.2, 0.25) is 0 Å². The molecule has 0 spiro atoms. The molecule has 0 bridgehead atoms. The van der Waals surface area contributed by atoms with E-state index in [2.05, 4.69) is 0 Å². The number of hydrogen-bond acceptors (Lipinski definition) is 2. The normalized spacial score (nSPS) is 11.2. The predicted molar refractivity (Wildman–Crippen MR) is 91.4 cm³/mol. The van der Waals surface area contributed by atoms with E-state index in [4.69, 9.17) is 5.26 Å². The van der Waals surface area contributed by atoms with E-state index in [9.17, 15) is 22.4 Å². The van der Waals surface area contributed by atoms with E-state index in [0.717, 1.165) is 10.6 Å². The molecule has 3 rings (SSSR count). The molecule has 136 valence electrons. The van der Waals surface area contributed by atoms with Crippen LogP contribution in [0.3, 0.4) is 0 Å². The molecule has 7 heteroatoms. The third kappa shape index (κ3) is 3.75. The first-order valence-electron chi connectivity index (χ1n) is 7.86. The first-order valence-corrected chi connectivity index (χ1v) is 7.86. The van der Waals surface area contributed by atoms with Gasteiger partial charge >= 0.3 is 6.18 Å². The Balaban J connectivity index is 2.28. The SMILES string of the molecule is N#Cc1c(C(F)(F)F)cc(-c2ccccc2)n(Cc2ccc(F)cc2)c1=O. The second kappa shape index (κ2) is 7.08. The van der Waals surface area contributed by atoms with Crippen LogP contribution in [0.5, 0.6) is 0 Å². The lowest BCUT2D eigenvalue weighted by molar-refractivity contribution is -0.137. The van der Waals surface area contributed by atoms with Crippen molar-refractivity contribution in [1.82, 2.24) is 4.57 Å². The van der Waals surface area contributed by atoms with Crippen molar-refractivity contribution in [2.45, 2.75) is 12.7 Å². The van der Waals surface area contributed by atoms with E-state index in [-0.39, 0.29) is 12.2 Å². The number of rotatable bonds is 3. The summed E-state index contributed by atoms with van der Waals surface area (Å²) in [5.74, 6) is -0.473. The Hall–Kier alpha value is -3.40. The fourth-order valence-corrected chi connectivity index (χ4v) is 2.76. The van der Waals surface area contributed by atoms with Gasteiger partial charge < -0.3 is 4.57 Å². The van der Waals surface area contributed by atoms with Crippen molar-refractivity contribution in [3.63, 3.8) is 0 Å². The molecule has 1 heterocycles. The highest BCUT2D eigenvalue weighted by Gasteiger charge is 2.36. The molecule has 0 N–H and O–H groups in total. The molecule has 0 aliphatic rings. The second-order valence-electron chi connectivity index (χ2n) is 5.81. The number of aromatic nitrogens is 1. The summed E-state index contributed by atoms with van der Waals surface area (Å²) >= 11 is 0. The Kier molecular flexibility index (Phi) is 4.82. The highest BCUT2D eigenvalue weighted by atomic mass is 19.4. The molecule has 3 aromatic rings. The minimum absolute atomic E-state index is 0.0243. The van der Waals surface area contributed by atoms with Gasteiger partial charge in [0, 0.05) is 0 Å². The van der Waals surface area contributed by atoms with Crippen molar-refractivity contribution < 1.29 is 17.6 Å². The molecule has 0 aliphatic carbocycles. The summed E-state index contributed by atoms with van der Waals surface area (Å²) in [5, 5.41) is 9.14. The zero-order valence-corrected chi connectivity index (χ0v) is 13.8. The van der Waals surface area contributed by atoms with Crippen LogP contribution >= 0.6 is 0 Å². The van der Waals surface area contributed by atoms with Crippen LogP contribution in [0.2, 0.25) is 0 Å². The van der Waals surface area contributed by atoms with E-state index < -0.39 is 28.7 Å². The molecule has 27 heavy (non-hydrogen) atoms. The molecule has 0 aliphatic heterocycles. The molecule has 0 radical (unpaired) electrons. The third-order valence-electron chi connectivity index (χ3n) is 4.04. The summed E-state index contributed by atoms with van der Waals surface area (Å²) in [4.78, 5) is 12.7. The molecule has 0 amide bonds. The maximum Gasteiger partial charge on any atom is 0.417 e. The van der Waals surface area contributed by atoms with Crippen LogP contribution in [0.15, 0.2) is 65.5 Å². The van der Waals surface area contributed by atoms with Gasteiger partial charge in [-0.05, 0) is 29.3 Å². The number of nitriles is 1. The minimum Gasteiger partial charge on any atom is -0.303 e. The number of benzene rings is 2. The molecule has 0 unspecified atom stereocenters. The largest absolute Gasteiger partial charge is 0.417 e. The average molecular weight is 372 g/mol. The molecular formula is C20H12F4N2O. The van der Waals surface area contributed by atoms with Gasteiger partial charge in [-0.25, -0.2) is 4.39 Å². The molecule has 0 atom stereocenters. The van der Waals surface area contributed by atoms with Crippen molar-refractivity contribution in [2.75, 3.05) is 0 Å². The second-order valence-corrected chi connectivity index (χ2v) is 5.81. The molecule has 0 fully saturated rings. The number of pyridine rings is 1. The number of nitrogens with zero attached hydrogens (tertiary/aromatic N) is 2. The Bertz CT molecular complexity index is 1060. The molecule has 2 aromatic carbocycles. The molecular weight excluding hydrogens is 360 g/mol. The smallest absolute Gasteiger partial charge is 0.303 e. The van der Waals surface area contributed by atoms with Gasteiger partial charge in [0.15, 0.2) is 0 Å². The Morgan fingerprint density at radius 2 is 1.63 bits per heavy atom. The minimum atomic E-state index is -4.84. The highest BCUT2D eigenvalue weighted by molar-refractivity contribution is 5.62. The Morgan fingerprint density at radius 3 is 2.19 bits per heavy atom. The van der Waals surface area contributed by atoms with E-state index in [1.165, 1.54) is 30.3 Å². The summed E-state index contributed by atoms with van der Waals surface area (Å²) in [6.07, 6.45) is -4.84. The van der Waals surface area contributed by atoms with Crippen molar-refractivity contribution in [1.29, 1.82) is 5.26 Å². The number of alkyl halides is 3. The van der Waals surface area contributed by atoms with E-state index in [1.54, 1.807) is 30.3 Å². The molecule has 0 saturated heterocycles. The predicted octanol–water partition coefficient (Wildman–Crippen LogP) is 4.59. The third-order valence-corrected chi connectivity index (χ3v) is 4.04. The standard InChI is InChI=1S/C20H12F4N2O/c21-15-8-6-13(7-9-15)12-26-18(14-4-2-1-3-5-14)10-17(20(22,23)24)16(11-25)19(26)27/h1-10H,12H2. The van der Waals surface area contributed by atoms with Crippen molar-refractivity contribution >= 4 is 0 Å². The highest BCUT2D eigenvalue weighted by Crippen LogP contribution is 2.33. The van der Waals surface area contributed by atoms with Gasteiger partial charge in [-0.2, -0.15) is 18.4 Å². The van der Waals surface area contributed by atoms with Gasteiger partial charge in [0.25, 0.3) is 5.56 Å². The van der Waals surface area contributed by atoms with Crippen molar-refractivity contribution in [3.05, 3.63) is 93.5 Å². The average Bonchev–Trinajstić information content (AvgIpc) is 2.64. The first-order chi connectivity index (χ1) is 12.8. The van der Waals surface area contributed by atoms with Crippen LogP contribution in [-0.2, 0) is 12.7 Å². The molecule has 0 saturated carbocycles. The van der Waals surface area contributed by atoms with E-state index >= 15 is 0 Å². The monoisotopic (exact) mass is 372 g/mol. The fourth-order valence-electron chi connectivity index (χ4n) is 2.76. The lowest BCUT2D eigenvalue weighted by Crippen LogP contribution is -2.28. The van der Waals surface area contributed by atoms with Crippen LogP contribution in [0.25, 0.3) is 11.3 Å². The number of halogens is 4. The summed E-state index contributed by atoms with van der Waals surface area (Å²) < 4.78 is 54.3. The fraction of sp³-hybridized carbons (Fsp3) is 0.100. The van der Waals surface area contributed by atoms with Crippen LogP contribution < -0.4 is 5.56 Å². The van der Waals surface area contributed by atoms with Crippen molar-refractivity contribution in [2.24, 2.45) is 0 Å². The van der Waals surface area contributed by atoms with Gasteiger partial charge in [0.05, 0.1) is 17.8 Å². The zero-order valence-electron chi connectivity index (χ0n) is 13.8.